The fraction of sp³-hybridized carbons (Fsp3) is 0.444. The molecule has 0 amide bonds. The zero-order valence-electron chi connectivity index (χ0n) is 7.59. The number of rotatable bonds is 2. The first-order valence-electron chi connectivity index (χ1n) is 4.09. The van der Waals surface area contributed by atoms with Crippen molar-refractivity contribution in [2.45, 2.75) is 19.9 Å². The van der Waals surface area contributed by atoms with E-state index in [-0.39, 0.29) is 6.04 Å². The molecule has 0 saturated heterocycles. The molecule has 0 bridgehead atoms. The minimum absolute atomic E-state index is 0.112. The zero-order valence-corrected chi connectivity index (χ0v) is 9.10. The van der Waals surface area contributed by atoms with Gasteiger partial charge in [0.05, 0.1) is 5.02 Å². The van der Waals surface area contributed by atoms with Gasteiger partial charge in [0.25, 0.3) is 0 Å². The highest BCUT2D eigenvalue weighted by atomic mass is 35.5. The number of aromatic nitrogens is 1. The molecule has 1 aromatic rings. The van der Waals surface area contributed by atoms with Gasteiger partial charge in [-0.1, -0.05) is 37.0 Å². The Bertz CT molecular complexity index is 300. The van der Waals surface area contributed by atoms with Gasteiger partial charge in [0, 0.05) is 17.8 Å². The molecule has 0 aliphatic carbocycles. The average Bonchev–Trinajstić information content (AvgIpc) is 2.08. The molecule has 0 aromatic carbocycles. The van der Waals surface area contributed by atoms with Crippen LogP contribution in [0.5, 0.6) is 0 Å². The molecule has 13 heavy (non-hydrogen) atoms. The molecule has 1 rings (SSSR count). The van der Waals surface area contributed by atoms with E-state index >= 15 is 0 Å². The molecular formula is C9H12Cl2N2. The maximum absolute atomic E-state index is 5.92. The molecule has 1 heterocycles. The van der Waals surface area contributed by atoms with Crippen molar-refractivity contribution in [1.82, 2.24) is 4.98 Å². The standard InChI is InChI=1S/C9H12Cl2N2/c1-5(2)8(12)7-3-6(10)4-13-9(7)11/h3-5,8H,12H2,1-2H3/t8-/m0/s1. The minimum Gasteiger partial charge on any atom is -0.324 e. The minimum atomic E-state index is -0.112. The van der Waals surface area contributed by atoms with E-state index < -0.39 is 0 Å². The highest BCUT2D eigenvalue weighted by molar-refractivity contribution is 6.32. The van der Waals surface area contributed by atoms with E-state index in [0.717, 1.165) is 5.56 Å². The molecule has 0 unspecified atom stereocenters. The lowest BCUT2D eigenvalue weighted by Crippen LogP contribution is -2.17. The van der Waals surface area contributed by atoms with Crippen LogP contribution in [0.15, 0.2) is 12.3 Å². The van der Waals surface area contributed by atoms with Crippen LogP contribution < -0.4 is 5.73 Å². The van der Waals surface area contributed by atoms with E-state index in [1.807, 2.05) is 13.8 Å². The van der Waals surface area contributed by atoms with Crippen LogP contribution in [0.1, 0.15) is 25.5 Å². The monoisotopic (exact) mass is 218 g/mol. The molecule has 0 aliphatic rings. The Morgan fingerprint density at radius 3 is 2.54 bits per heavy atom. The largest absolute Gasteiger partial charge is 0.324 e. The Kier molecular flexibility index (Phi) is 3.54. The van der Waals surface area contributed by atoms with Gasteiger partial charge in [0.1, 0.15) is 5.15 Å². The number of hydrogen-bond donors (Lipinski definition) is 1. The van der Waals surface area contributed by atoms with Crippen molar-refractivity contribution in [3.8, 4) is 0 Å². The van der Waals surface area contributed by atoms with Crippen molar-refractivity contribution >= 4 is 23.2 Å². The van der Waals surface area contributed by atoms with Gasteiger partial charge in [0.2, 0.25) is 0 Å². The normalized spacial score (nSPS) is 13.4. The maximum Gasteiger partial charge on any atom is 0.133 e. The number of halogens is 2. The third kappa shape index (κ3) is 2.56. The molecule has 0 fully saturated rings. The van der Waals surface area contributed by atoms with Gasteiger partial charge >= 0.3 is 0 Å². The summed E-state index contributed by atoms with van der Waals surface area (Å²) in [5.74, 6) is 0.317. The highest BCUT2D eigenvalue weighted by Gasteiger charge is 2.14. The van der Waals surface area contributed by atoms with Crippen LogP contribution in [0, 0.1) is 5.92 Å². The smallest absolute Gasteiger partial charge is 0.133 e. The first kappa shape index (κ1) is 10.8. The van der Waals surface area contributed by atoms with Gasteiger partial charge in [-0.2, -0.15) is 0 Å². The van der Waals surface area contributed by atoms with Gasteiger partial charge in [0.15, 0.2) is 0 Å². The van der Waals surface area contributed by atoms with Crippen LogP contribution in [0.2, 0.25) is 10.2 Å². The summed E-state index contributed by atoms with van der Waals surface area (Å²) in [5, 5.41) is 1.00. The second-order valence-corrected chi connectivity index (χ2v) is 4.10. The SMILES string of the molecule is CC(C)[C@H](N)c1cc(Cl)cnc1Cl. The summed E-state index contributed by atoms with van der Waals surface area (Å²) < 4.78 is 0. The Hall–Kier alpha value is -0.310. The molecule has 1 aromatic heterocycles. The van der Waals surface area contributed by atoms with Crippen molar-refractivity contribution in [1.29, 1.82) is 0 Å². The van der Waals surface area contributed by atoms with Crippen molar-refractivity contribution in [2.24, 2.45) is 11.7 Å². The maximum atomic E-state index is 5.92. The Balaban J connectivity index is 3.05. The van der Waals surface area contributed by atoms with E-state index in [2.05, 4.69) is 4.98 Å². The third-order valence-electron chi connectivity index (χ3n) is 1.91. The van der Waals surface area contributed by atoms with Crippen LogP contribution in [0.25, 0.3) is 0 Å². The fourth-order valence-electron chi connectivity index (χ4n) is 1.03. The molecule has 0 aliphatic heterocycles. The average molecular weight is 219 g/mol. The van der Waals surface area contributed by atoms with Crippen LogP contribution in [-0.2, 0) is 0 Å². The summed E-state index contributed by atoms with van der Waals surface area (Å²) in [5.41, 5.74) is 6.73. The summed E-state index contributed by atoms with van der Waals surface area (Å²) in [7, 11) is 0. The van der Waals surface area contributed by atoms with E-state index in [1.165, 1.54) is 6.20 Å². The Labute approximate surface area is 88.1 Å². The molecule has 4 heteroatoms. The first-order valence-corrected chi connectivity index (χ1v) is 4.84. The lowest BCUT2D eigenvalue weighted by molar-refractivity contribution is 0.513. The Morgan fingerprint density at radius 1 is 1.38 bits per heavy atom. The van der Waals surface area contributed by atoms with Crippen molar-refractivity contribution in [2.75, 3.05) is 0 Å². The van der Waals surface area contributed by atoms with Gasteiger partial charge in [-0.05, 0) is 12.0 Å². The molecule has 0 spiro atoms. The van der Waals surface area contributed by atoms with Crippen molar-refractivity contribution in [3.05, 3.63) is 28.0 Å². The fourth-order valence-corrected chi connectivity index (χ4v) is 1.43. The van der Waals surface area contributed by atoms with E-state index in [0.29, 0.717) is 16.1 Å². The van der Waals surface area contributed by atoms with Crippen LogP contribution in [-0.4, -0.2) is 4.98 Å². The molecular weight excluding hydrogens is 207 g/mol. The lowest BCUT2D eigenvalue weighted by atomic mass is 9.99. The van der Waals surface area contributed by atoms with Gasteiger partial charge < -0.3 is 5.73 Å². The van der Waals surface area contributed by atoms with E-state index in [4.69, 9.17) is 28.9 Å². The predicted octanol–water partition coefficient (Wildman–Crippen LogP) is 3.04. The van der Waals surface area contributed by atoms with E-state index in [9.17, 15) is 0 Å². The molecule has 2 nitrogen and oxygen atoms in total. The molecule has 2 N–H and O–H groups in total. The lowest BCUT2D eigenvalue weighted by Gasteiger charge is -2.16. The van der Waals surface area contributed by atoms with Crippen LogP contribution in [0.4, 0.5) is 0 Å². The Morgan fingerprint density at radius 2 is 2.00 bits per heavy atom. The summed E-state index contributed by atoms with van der Waals surface area (Å²) in [6.07, 6.45) is 1.51. The number of pyridine rings is 1. The number of hydrogen-bond acceptors (Lipinski definition) is 2. The quantitative estimate of drug-likeness (QED) is 0.776. The van der Waals surface area contributed by atoms with Crippen LogP contribution >= 0.6 is 23.2 Å². The second kappa shape index (κ2) is 4.27. The first-order chi connectivity index (χ1) is 6.02. The number of nitrogens with zero attached hydrogens (tertiary/aromatic N) is 1. The topological polar surface area (TPSA) is 38.9 Å². The third-order valence-corrected chi connectivity index (χ3v) is 2.43. The molecule has 72 valence electrons. The zero-order chi connectivity index (χ0) is 10.0. The van der Waals surface area contributed by atoms with E-state index in [1.54, 1.807) is 6.07 Å². The van der Waals surface area contributed by atoms with Gasteiger partial charge in [-0.3, -0.25) is 0 Å². The molecule has 1 atom stereocenters. The molecule has 0 radical (unpaired) electrons. The highest BCUT2D eigenvalue weighted by Crippen LogP contribution is 2.26. The van der Waals surface area contributed by atoms with Gasteiger partial charge in [-0.15, -0.1) is 0 Å². The van der Waals surface area contributed by atoms with Crippen molar-refractivity contribution in [3.63, 3.8) is 0 Å². The summed E-state index contributed by atoms with van der Waals surface area (Å²) in [6, 6.07) is 1.65. The summed E-state index contributed by atoms with van der Waals surface area (Å²) in [4.78, 5) is 3.94. The summed E-state index contributed by atoms with van der Waals surface area (Å²) >= 11 is 11.7. The van der Waals surface area contributed by atoms with Gasteiger partial charge in [-0.25, -0.2) is 4.98 Å². The number of nitrogens with two attached hydrogens (primary N) is 1. The predicted molar refractivity (Wildman–Crippen MR) is 56.0 cm³/mol. The molecule has 0 saturated carbocycles. The summed E-state index contributed by atoms with van der Waals surface area (Å²) in [6.45, 7) is 4.06. The second-order valence-electron chi connectivity index (χ2n) is 3.30. The van der Waals surface area contributed by atoms with Crippen LogP contribution in [0.3, 0.4) is 0 Å². The van der Waals surface area contributed by atoms with Crippen molar-refractivity contribution < 1.29 is 0 Å².